The highest BCUT2D eigenvalue weighted by Gasteiger charge is 2.19. The first kappa shape index (κ1) is 25.0. The molecule has 1 aliphatic rings. The molecule has 0 unspecified atom stereocenters. The van der Waals surface area contributed by atoms with E-state index in [9.17, 15) is 8.42 Å². The van der Waals surface area contributed by atoms with Gasteiger partial charge in [-0.05, 0) is 55.6 Å². The molecule has 0 bridgehead atoms. The largest absolute Gasteiger partial charge is 0.495 e. The molecule has 1 saturated heterocycles. The van der Waals surface area contributed by atoms with Crippen LogP contribution in [0.2, 0.25) is 0 Å². The maximum atomic E-state index is 12.3. The minimum absolute atomic E-state index is 0.432. The highest BCUT2D eigenvalue weighted by Crippen LogP contribution is 2.37. The van der Waals surface area contributed by atoms with Crippen molar-refractivity contribution in [1.29, 1.82) is 0 Å². The molecule has 0 amide bonds. The fourth-order valence-electron chi connectivity index (χ4n) is 4.83. The lowest BCUT2D eigenvalue weighted by atomic mass is 9.90. The third kappa shape index (κ3) is 5.23. The summed E-state index contributed by atoms with van der Waals surface area (Å²) in [6.07, 6.45) is 5.19. The van der Waals surface area contributed by atoms with Crippen LogP contribution >= 0.6 is 0 Å². The highest BCUT2D eigenvalue weighted by molar-refractivity contribution is 7.92. The minimum atomic E-state index is -3.44. The Morgan fingerprint density at radius 2 is 1.78 bits per heavy atom. The molecule has 1 aromatic heterocycles. The highest BCUT2D eigenvalue weighted by atomic mass is 32.2. The summed E-state index contributed by atoms with van der Waals surface area (Å²) in [6.45, 7) is 2.06. The third-order valence-corrected chi connectivity index (χ3v) is 8.12. The molecule has 2 N–H and O–H groups in total. The number of hydrogen-bond donors (Lipinski definition) is 2. The number of rotatable bonds is 7. The predicted octanol–water partition coefficient (Wildman–Crippen LogP) is 4.91. The van der Waals surface area contributed by atoms with Crippen molar-refractivity contribution in [1.82, 2.24) is 15.3 Å². The van der Waals surface area contributed by atoms with E-state index in [1.807, 2.05) is 42.5 Å². The number of hydrogen-bond acceptors (Lipinski definition) is 7. The van der Waals surface area contributed by atoms with Crippen molar-refractivity contribution in [2.75, 3.05) is 43.1 Å². The van der Waals surface area contributed by atoms with Crippen molar-refractivity contribution in [3.05, 3.63) is 72.4 Å². The Balaban J connectivity index is 1.52. The quantitative estimate of drug-likeness (QED) is 0.359. The van der Waals surface area contributed by atoms with E-state index in [4.69, 9.17) is 9.72 Å². The number of anilines is 3. The fourth-order valence-corrected chi connectivity index (χ4v) is 5.35. The molecule has 1 aliphatic heterocycles. The first-order chi connectivity index (χ1) is 17.8. The first-order valence-corrected chi connectivity index (χ1v) is 14.1. The van der Waals surface area contributed by atoms with Gasteiger partial charge in [0.25, 0.3) is 0 Å². The fraction of sp³-hybridized carbons (Fsp3) is 0.286. The van der Waals surface area contributed by atoms with Gasteiger partial charge in [0, 0.05) is 29.8 Å². The summed E-state index contributed by atoms with van der Waals surface area (Å²) in [5.41, 5.74) is 4.96. The average Bonchev–Trinajstić information content (AvgIpc) is 2.92. The molecule has 0 radical (unpaired) electrons. The Morgan fingerprint density at radius 1 is 1.03 bits per heavy atom. The Hall–Kier alpha value is -3.69. The monoisotopic (exact) mass is 517 g/mol. The second-order valence-corrected chi connectivity index (χ2v) is 11.3. The van der Waals surface area contributed by atoms with Crippen LogP contribution in [0.1, 0.15) is 24.3 Å². The normalized spacial score (nSPS) is 14.5. The first-order valence-electron chi connectivity index (χ1n) is 12.3. The van der Waals surface area contributed by atoms with E-state index >= 15 is 0 Å². The molecule has 5 rings (SSSR count). The zero-order chi connectivity index (χ0) is 26.0. The molecule has 3 aromatic carbocycles. The van der Waals surface area contributed by atoms with Crippen LogP contribution in [-0.4, -0.2) is 51.9 Å². The van der Waals surface area contributed by atoms with Crippen LogP contribution < -0.4 is 19.7 Å². The second-order valence-electron chi connectivity index (χ2n) is 9.29. The van der Waals surface area contributed by atoms with Gasteiger partial charge in [0.2, 0.25) is 16.0 Å². The lowest BCUT2D eigenvalue weighted by molar-refractivity contribution is 0.413. The smallest absolute Gasteiger partial charge is 0.232 e. The molecule has 0 saturated carbocycles. The Bertz CT molecular complexity index is 1530. The number of piperidine rings is 1. The molecule has 1 fully saturated rings. The summed E-state index contributed by atoms with van der Waals surface area (Å²) >= 11 is 0. The van der Waals surface area contributed by atoms with Gasteiger partial charge in [-0.2, -0.15) is 0 Å². The van der Waals surface area contributed by atoms with Crippen LogP contribution in [-0.2, 0) is 10.0 Å². The van der Waals surface area contributed by atoms with Gasteiger partial charge in [-0.3, -0.25) is 4.31 Å². The average molecular weight is 518 g/mol. The minimum Gasteiger partial charge on any atom is -0.495 e. The summed E-state index contributed by atoms with van der Waals surface area (Å²) in [7, 11) is -0.213. The van der Waals surface area contributed by atoms with E-state index in [-0.39, 0.29) is 0 Å². The van der Waals surface area contributed by atoms with E-state index in [1.54, 1.807) is 26.4 Å². The van der Waals surface area contributed by atoms with E-state index in [2.05, 4.69) is 27.8 Å². The Labute approximate surface area is 217 Å². The second kappa shape index (κ2) is 10.4. The lowest BCUT2D eigenvalue weighted by Crippen LogP contribution is -2.26. The summed E-state index contributed by atoms with van der Waals surface area (Å²) < 4.78 is 31.6. The number of nitrogens with zero attached hydrogens (tertiary/aromatic N) is 3. The maximum absolute atomic E-state index is 12.3. The van der Waals surface area contributed by atoms with Gasteiger partial charge in [0.15, 0.2) is 0 Å². The van der Waals surface area contributed by atoms with Gasteiger partial charge in [-0.1, -0.05) is 42.5 Å². The summed E-state index contributed by atoms with van der Waals surface area (Å²) in [5, 5.41) is 7.59. The molecule has 0 spiro atoms. The topological polar surface area (TPSA) is 96.5 Å². The zero-order valence-corrected chi connectivity index (χ0v) is 22.0. The number of aromatic nitrogens is 2. The Morgan fingerprint density at radius 3 is 2.54 bits per heavy atom. The Kier molecular flexibility index (Phi) is 6.99. The number of nitrogens with one attached hydrogen (secondary N) is 2. The van der Waals surface area contributed by atoms with Crippen LogP contribution in [0.4, 0.5) is 17.3 Å². The molecule has 9 heteroatoms. The number of sulfonamides is 1. The molecule has 2 heterocycles. The molecule has 0 atom stereocenters. The number of methoxy groups -OCH3 is 1. The lowest BCUT2D eigenvalue weighted by Gasteiger charge is -2.24. The van der Waals surface area contributed by atoms with Crippen molar-refractivity contribution < 1.29 is 13.2 Å². The van der Waals surface area contributed by atoms with Gasteiger partial charge < -0.3 is 15.4 Å². The molecule has 192 valence electrons. The van der Waals surface area contributed by atoms with Gasteiger partial charge in [-0.15, -0.1) is 0 Å². The maximum Gasteiger partial charge on any atom is 0.232 e. The van der Waals surface area contributed by atoms with Crippen molar-refractivity contribution in [2.45, 2.75) is 18.8 Å². The molecule has 0 aliphatic carbocycles. The third-order valence-electron chi connectivity index (χ3n) is 6.92. The number of para-hydroxylation sites is 2. The van der Waals surface area contributed by atoms with Gasteiger partial charge in [0.1, 0.15) is 5.75 Å². The van der Waals surface area contributed by atoms with Crippen LogP contribution in [0.25, 0.3) is 22.0 Å². The summed E-state index contributed by atoms with van der Waals surface area (Å²) in [5.74, 6) is 1.70. The molecule has 8 nitrogen and oxygen atoms in total. The SMILES string of the molecule is COc1cc(C2CCNCC2)ccc1Nc1ncc2cccc(-c3ccccc3N(C)S(C)(=O)=O)c2n1. The van der Waals surface area contributed by atoms with Crippen molar-refractivity contribution in [3.63, 3.8) is 0 Å². The summed E-state index contributed by atoms with van der Waals surface area (Å²) in [4.78, 5) is 9.37. The van der Waals surface area contributed by atoms with Gasteiger partial charge >= 0.3 is 0 Å². The predicted molar refractivity (Wildman–Crippen MR) is 149 cm³/mol. The van der Waals surface area contributed by atoms with Crippen LogP contribution in [0, 0.1) is 0 Å². The van der Waals surface area contributed by atoms with Crippen molar-refractivity contribution in [3.8, 4) is 16.9 Å². The standard InChI is InChI=1S/C28H31N5O3S/c1-33(37(3,34)35)25-10-5-4-8-22(25)23-9-6-7-21-18-30-28(32-27(21)23)31-24-12-11-20(17-26(24)36-2)19-13-15-29-16-14-19/h4-12,17-19,29H,13-16H2,1-3H3,(H,30,31,32). The van der Waals surface area contributed by atoms with Gasteiger partial charge in [0.05, 0.1) is 30.3 Å². The number of ether oxygens (including phenoxy) is 1. The number of benzene rings is 3. The van der Waals surface area contributed by atoms with Crippen LogP contribution in [0.3, 0.4) is 0 Å². The molecular weight excluding hydrogens is 486 g/mol. The van der Waals surface area contributed by atoms with Gasteiger partial charge in [-0.25, -0.2) is 18.4 Å². The zero-order valence-electron chi connectivity index (χ0n) is 21.2. The van der Waals surface area contributed by atoms with E-state index in [0.717, 1.165) is 59.4 Å². The van der Waals surface area contributed by atoms with E-state index < -0.39 is 10.0 Å². The van der Waals surface area contributed by atoms with E-state index in [1.165, 1.54) is 16.1 Å². The molecule has 4 aromatic rings. The van der Waals surface area contributed by atoms with Crippen molar-refractivity contribution >= 4 is 38.2 Å². The van der Waals surface area contributed by atoms with Crippen LogP contribution in [0.5, 0.6) is 5.75 Å². The summed E-state index contributed by atoms with van der Waals surface area (Å²) in [6, 6.07) is 19.5. The van der Waals surface area contributed by atoms with E-state index in [0.29, 0.717) is 17.6 Å². The van der Waals surface area contributed by atoms with Crippen molar-refractivity contribution in [2.24, 2.45) is 0 Å². The number of fused-ring (bicyclic) bond motifs is 1. The van der Waals surface area contributed by atoms with Crippen LogP contribution in [0.15, 0.2) is 66.9 Å². The molecule has 37 heavy (non-hydrogen) atoms. The molecular formula is C28H31N5O3S.